The molecular formula is C15H17F2N3. The van der Waals surface area contributed by atoms with E-state index in [9.17, 15) is 8.78 Å². The Labute approximate surface area is 117 Å². The van der Waals surface area contributed by atoms with Crippen molar-refractivity contribution in [1.82, 2.24) is 0 Å². The zero-order valence-corrected chi connectivity index (χ0v) is 11.4. The molecule has 3 nitrogen and oxygen atoms in total. The molecule has 5 heteroatoms. The van der Waals surface area contributed by atoms with E-state index in [0.29, 0.717) is 11.1 Å². The van der Waals surface area contributed by atoms with Crippen LogP contribution in [0.3, 0.4) is 0 Å². The van der Waals surface area contributed by atoms with Crippen LogP contribution in [0.15, 0.2) is 41.0 Å². The number of benzene rings is 1. The fraction of sp³-hybridized carbons (Fsp3) is 0.333. The lowest BCUT2D eigenvalue weighted by Gasteiger charge is -2.23. The summed E-state index contributed by atoms with van der Waals surface area (Å²) in [4.78, 5) is 3.09. The zero-order chi connectivity index (χ0) is 15.1. The number of hydrogen-bond donors (Lipinski definition) is 1. The van der Waals surface area contributed by atoms with E-state index in [1.54, 1.807) is 12.1 Å². The molecule has 0 radical (unpaired) electrons. The summed E-state index contributed by atoms with van der Waals surface area (Å²) < 4.78 is 24.5. The van der Waals surface area contributed by atoms with Crippen LogP contribution in [0.5, 0.6) is 0 Å². The molecule has 0 saturated carbocycles. The van der Waals surface area contributed by atoms with Gasteiger partial charge in [0.15, 0.2) is 0 Å². The van der Waals surface area contributed by atoms with Crippen molar-refractivity contribution in [3.8, 4) is 6.07 Å². The quantitative estimate of drug-likeness (QED) is 0.662. The molecule has 1 aromatic carbocycles. The molecule has 0 spiro atoms. The minimum atomic E-state index is -2.77. The van der Waals surface area contributed by atoms with E-state index in [1.165, 1.54) is 6.20 Å². The van der Waals surface area contributed by atoms with Gasteiger partial charge in [-0.15, -0.1) is 0 Å². The van der Waals surface area contributed by atoms with Crippen LogP contribution in [0.2, 0.25) is 0 Å². The maximum Gasteiger partial charge on any atom is 0.331 e. The molecule has 0 aliphatic carbocycles. The number of halogens is 2. The molecule has 1 rings (SSSR count). The van der Waals surface area contributed by atoms with Crippen LogP contribution in [-0.4, -0.2) is 12.8 Å². The first-order chi connectivity index (χ1) is 9.51. The molecule has 0 bridgehead atoms. The summed E-state index contributed by atoms with van der Waals surface area (Å²) in [6.45, 7) is 1.11. The highest BCUT2D eigenvalue weighted by Crippen LogP contribution is 2.32. The highest BCUT2D eigenvalue weighted by Gasteiger charge is 2.22. The van der Waals surface area contributed by atoms with Gasteiger partial charge in [0.2, 0.25) is 0 Å². The van der Waals surface area contributed by atoms with Gasteiger partial charge in [-0.2, -0.15) is 14.0 Å². The van der Waals surface area contributed by atoms with E-state index >= 15 is 0 Å². The van der Waals surface area contributed by atoms with Crippen LogP contribution in [-0.2, 0) is 0 Å². The first-order valence-corrected chi connectivity index (χ1v) is 6.23. The van der Waals surface area contributed by atoms with Gasteiger partial charge in [-0.1, -0.05) is 32.0 Å². The van der Waals surface area contributed by atoms with Crippen LogP contribution in [0.4, 0.5) is 8.78 Å². The van der Waals surface area contributed by atoms with Crippen molar-refractivity contribution in [3.05, 3.63) is 47.2 Å². The van der Waals surface area contributed by atoms with E-state index in [4.69, 9.17) is 11.0 Å². The molecule has 0 aliphatic heterocycles. The van der Waals surface area contributed by atoms with Gasteiger partial charge in [0.25, 0.3) is 0 Å². The van der Waals surface area contributed by atoms with Crippen LogP contribution in [0.1, 0.15) is 30.9 Å². The molecule has 1 unspecified atom stereocenters. The molecule has 0 saturated heterocycles. The van der Waals surface area contributed by atoms with E-state index in [0.717, 1.165) is 11.8 Å². The Hall–Kier alpha value is -2.22. The molecule has 106 valence electrons. The SMILES string of the molecule is CC(C)C(C(=C/N)/C=N/C(F)F)c1ccccc1C#N. The Kier molecular flexibility index (Phi) is 5.85. The number of rotatable bonds is 5. The lowest BCUT2D eigenvalue weighted by Crippen LogP contribution is -2.14. The van der Waals surface area contributed by atoms with Gasteiger partial charge < -0.3 is 5.73 Å². The Balaban J connectivity index is 3.27. The second-order valence-electron chi connectivity index (χ2n) is 4.64. The first kappa shape index (κ1) is 15.8. The first-order valence-electron chi connectivity index (χ1n) is 6.23. The molecular weight excluding hydrogens is 260 g/mol. The predicted molar refractivity (Wildman–Crippen MR) is 75.5 cm³/mol. The average molecular weight is 277 g/mol. The smallest absolute Gasteiger partial charge is 0.331 e. The number of hydrogen-bond acceptors (Lipinski definition) is 3. The third-order valence-electron chi connectivity index (χ3n) is 2.97. The van der Waals surface area contributed by atoms with Crippen molar-refractivity contribution >= 4 is 6.21 Å². The lowest BCUT2D eigenvalue weighted by atomic mass is 9.81. The van der Waals surface area contributed by atoms with E-state index in [-0.39, 0.29) is 11.8 Å². The number of aliphatic imine (C=N–C) groups is 1. The van der Waals surface area contributed by atoms with Crippen molar-refractivity contribution < 1.29 is 8.78 Å². The van der Waals surface area contributed by atoms with Gasteiger partial charge in [-0.05, 0) is 29.3 Å². The molecule has 1 aromatic rings. The number of allylic oxidation sites excluding steroid dienone is 1. The lowest BCUT2D eigenvalue weighted by molar-refractivity contribution is 0.160. The maximum atomic E-state index is 12.2. The second-order valence-corrected chi connectivity index (χ2v) is 4.64. The minimum Gasteiger partial charge on any atom is -0.404 e. The van der Waals surface area contributed by atoms with Gasteiger partial charge in [0, 0.05) is 12.1 Å². The zero-order valence-electron chi connectivity index (χ0n) is 11.4. The standard InChI is InChI=1S/C15H17F2N3/c1-10(2)14(12(8-19)9-20-15(16)17)13-6-4-3-5-11(13)7-18/h3-6,8-10,14-15H,19H2,1-2H3/b12-8+,20-9+. The topological polar surface area (TPSA) is 62.2 Å². The highest BCUT2D eigenvalue weighted by atomic mass is 19.3. The summed E-state index contributed by atoms with van der Waals surface area (Å²) in [5.74, 6) is -0.165. The highest BCUT2D eigenvalue weighted by molar-refractivity contribution is 5.81. The van der Waals surface area contributed by atoms with Gasteiger partial charge >= 0.3 is 6.55 Å². The third-order valence-corrected chi connectivity index (χ3v) is 2.97. The van der Waals surface area contributed by atoms with Crippen molar-refractivity contribution in [2.75, 3.05) is 0 Å². The van der Waals surface area contributed by atoms with Crippen molar-refractivity contribution in [1.29, 1.82) is 5.26 Å². The van der Waals surface area contributed by atoms with Gasteiger partial charge in [0.05, 0.1) is 11.6 Å². The Morgan fingerprint density at radius 2 is 2.00 bits per heavy atom. The molecule has 20 heavy (non-hydrogen) atoms. The largest absolute Gasteiger partial charge is 0.404 e. The second kappa shape index (κ2) is 7.39. The van der Waals surface area contributed by atoms with Gasteiger partial charge in [-0.25, -0.2) is 4.99 Å². The Morgan fingerprint density at radius 3 is 2.50 bits per heavy atom. The van der Waals surface area contributed by atoms with Crippen LogP contribution < -0.4 is 5.73 Å². The summed E-state index contributed by atoms with van der Waals surface area (Å²) in [7, 11) is 0. The number of alkyl halides is 2. The summed E-state index contributed by atoms with van der Waals surface area (Å²) in [5, 5.41) is 9.17. The summed E-state index contributed by atoms with van der Waals surface area (Å²) >= 11 is 0. The summed E-state index contributed by atoms with van der Waals surface area (Å²) in [6, 6.07) is 9.19. The van der Waals surface area contributed by atoms with Gasteiger partial charge in [-0.3, -0.25) is 0 Å². The summed E-state index contributed by atoms with van der Waals surface area (Å²) in [5.41, 5.74) is 7.30. The van der Waals surface area contributed by atoms with Crippen molar-refractivity contribution in [2.24, 2.45) is 16.6 Å². The molecule has 1 atom stereocenters. The fourth-order valence-corrected chi connectivity index (χ4v) is 2.16. The van der Waals surface area contributed by atoms with Crippen molar-refractivity contribution in [2.45, 2.75) is 26.3 Å². The normalized spacial score (nSPS) is 13.9. The minimum absolute atomic E-state index is 0.0865. The van der Waals surface area contributed by atoms with E-state index in [2.05, 4.69) is 11.1 Å². The van der Waals surface area contributed by atoms with Crippen LogP contribution in [0.25, 0.3) is 0 Å². The number of nitrogens with zero attached hydrogens (tertiary/aromatic N) is 2. The predicted octanol–water partition coefficient (Wildman–Crippen LogP) is 3.43. The third kappa shape index (κ3) is 3.89. The number of nitrogens with two attached hydrogens (primary N) is 1. The number of nitriles is 1. The Morgan fingerprint density at radius 1 is 1.35 bits per heavy atom. The van der Waals surface area contributed by atoms with Crippen molar-refractivity contribution in [3.63, 3.8) is 0 Å². The van der Waals surface area contributed by atoms with Crippen LogP contribution in [0, 0.1) is 17.2 Å². The van der Waals surface area contributed by atoms with E-state index < -0.39 is 6.55 Å². The fourth-order valence-electron chi connectivity index (χ4n) is 2.16. The molecule has 0 fully saturated rings. The average Bonchev–Trinajstić information content (AvgIpc) is 2.42. The monoisotopic (exact) mass is 277 g/mol. The van der Waals surface area contributed by atoms with E-state index in [1.807, 2.05) is 26.0 Å². The maximum absolute atomic E-state index is 12.2. The Bertz CT molecular complexity index is 542. The molecule has 2 N–H and O–H groups in total. The molecule has 0 heterocycles. The van der Waals surface area contributed by atoms with Gasteiger partial charge in [0.1, 0.15) is 0 Å². The molecule has 0 aliphatic rings. The van der Waals surface area contributed by atoms with Crippen LogP contribution >= 0.6 is 0 Å². The molecule has 0 aromatic heterocycles. The summed E-state index contributed by atoms with van der Waals surface area (Å²) in [6.07, 6.45) is 2.36. The molecule has 0 amide bonds.